The van der Waals surface area contributed by atoms with E-state index in [0.717, 1.165) is 6.07 Å². The third-order valence-corrected chi connectivity index (χ3v) is 9.16. The lowest BCUT2D eigenvalue weighted by molar-refractivity contribution is -0.141. The van der Waals surface area contributed by atoms with E-state index in [9.17, 15) is 32.7 Å². The average molecular weight is 701 g/mol. The number of pyridine rings is 2. The third kappa shape index (κ3) is 6.06. The minimum absolute atomic E-state index is 0.0243. The Morgan fingerprint density at radius 2 is 1.84 bits per heavy atom. The molecular formula is C31H32ClF3N10O4. The maximum Gasteiger partial charge on any atom is 0.433 e. The molecule has 14 nitrogen and oxygen atoms in total. The zero-order valence-corrected chi connectivity index (χ0v) is 27.7. The fourth-order valence-corrected chi connectivity index (χ4v) is 6.51. The molecule has 2 fully saturated rings. The lowest BCUT2D eigenvalue weighted by Gasteiger charge is -2.54. The van der Waals surface area contributed by atoms with E-state index in [1.54, 1.807) is 35.4 Å². The highest BCUT2D eigenvalue weighted by Crippen LogP contribution is 2.39. The van der Waals surface area contributed by atoms with E-state index in [-0.39, 0.29) is 71.1 Å². The van der Waals surface area contributed by atoms with Gasteiger partial charge in [-0.3, -0.25) is 14.4 Å². The SMILES string of the molecule is CCc1c(N2CCN(C(=O)c3ncnc(C)c3O)[C@H]3CC[C@@H]32)c(=O)c2nc(N(C)C)cnc2n1CC(=O)Nc1ccc(C(F)(F)F)nc1Cl. The van der Waals surface area contributed by atoms with Gasteiger partial charge in [-0.2, -0.15) is 13.2 Å². The van der Waals surface area contributed by atoms with Gasteiger partial charge in [-0.25, -0.2) is 24.9 Å². The van der Waals surface area contributed by atoms with E-state index in [2.05, 4.69) is 30.2 Å². The van der Waals surface area contributed by atoms with Crippen LogP contribution < -0.4 is 20.5 Å². The Bertz CT molecular complexity index is 2040. The van der Waals surface area contributed by atoms with Gasteiger partial charge in [0.1, 0.15) is 30.1 Å². The lowest BCUT2D eigenvalue weighted by atomic mass is 9.81. The molecule has 1 saturated heterocycles. The van der Waals surface area contributed by atoms with Crippen LogP contribution in [0.1, 0.15) is 47.3 Å². The number of amides is 2. The van der Waals surface area contributed by atoms with Gasteiger partial charge in [0.05, 0.1) is 23.6 Å². The van der Waals surface area contributed by atoms with E-state index in [4.69, 9.17) is 11.6 Å². The fraction of sp³-hybridized carbons (Fsp3) is 0.419. The number of rotatable bonds is 7. The third-order valence-electron chi connectivity index (χ3n) is 8.87. The molecule has 258 valence electrons. The van der Waals surface area contributed by atoms with Gasteiger partial charge in [-0.1, -0.05) is 18.5 Å². The van der Waals surface area contributed by atoms with Crippen LogP contribution >= 0.6 is 11.6 Å². The van der Waals surface area contributed by atoms with Gasteiger partial charge in [0.15, 0.2) is 27.8 Å². The second-order valence-electron chi connectivity index (χ2n) is 12.0. The van der Waals surface area contributed by atoms with Crippen molar-refractivity contribution in [3.8, 4) is 5.75 Å². The molecule has 1 aliphatic carbocycles. The number of carbonyl (C=O) groups is 2. The van der Waals surface area contributed by atoms with Gasteiger partial charge in [-0.05, 0) is 38.3 Å². The second kappa shape index (κ2) is 12.8. The summed E-state index contributed by atoms with van der Waals surface area (Å²) in [4.78, 5) is 67.1. The second-order valence-corrected chi connectivity index (χ2v) is 12.4. The molecule has 0 bridgehead atoms. The van der Waals surface area contributed by atoms with Crippen molar-refractivity contribution in [3.63, 3.8) is 0 Å². The van der Waals surface area contributed by atoms with Gasteiger partial charge in [0.25, 0.3) is 5.91 Å². The number of fused-ring (bicyclic) bond motifs is 2. The summed E-state index contributed by atoms with van der Waals surface area (Å²) in [6.07, 6.45) is -0.376. The molecular weight excluding hydrogens is 669 g/mol. The summed E-state index contributed by atoms with van der Waals surface area (Å²) in [7, 11) is 3.49. The predicted molar refractivity (Wildman–Crippen MR) is 174 cm³/mol. The van der Waals surface area contributed by atoms with E-state index in [1.807, 2.05) is 11.8 Å². The monoisotopic (exact) mass is 700 g/mol. The predicted octanol–water partition coefficient (Wildman–Crippen LogP) is 3.42. The number of hydrogen-bond acceptors (Lipinski definition) is 11. The molecule has 2 amide bonds. The van der Waals surface area contributed by atoms with Gasteiger partial charge < -0.3 is 29.7 Å². The van der Waals surface area contributed by atoms with Gasteiger partial charge in [0.2, 0.25) is 11.3 Å². The number of aryl methyl sites for hydroxylation is 1. The summed E-state index contributed by atoms with van der Waals surface area (Å²) in [5, 5.41) is 12.5. The zero-order chi connectivity index (χ0) is 35.4. The Hall–Kier alpha value is -5.06. The highest BCUT2D eigenvalue weighted by molar-refractivity contribution is 6.32. The molecule has 0 radical (unpaired) electrons. The molecule has 2 atom stereocenters. The first-order valence-electron chi connectivity index (χ1n) is 15.4. The molecule has 18 heteroatoms. The molecule has 49 heavy (non-hydrogen) atoms. The van der Waals surface area contributed by atoms with Crippen LogP contribution in [0.15, 0.2) is 29.5 Å². The van der Waals surface area contributed by atoms with Crippen molar-refractivity contribution in [2.75, 3.05) is 42.3 Å². The van der Waals surface area contributed by atoms with Crippen molar-refractivity contribution in [1.82, 2.24) is 34.4 Å². The van der Waals surface area contributed by atoms with Gasteiger partial charge >= 0.3 is 6.18 Å². The summed E-state index contributed by atoms with van der Waals surface area (Å²) >= 11 is 6.00. The van der Waals surface area contributed by atoms with Crippen molar-refractivity contribution in [2.45, 2.75) is 57.9 Å². The molecule has 1 aliphatic heterocycles. The van der Waals surface area contributed by atoms with Crippen LogP contribution in [0.2, 0.25) is 5.15 Å². The summed E-state index contributed by atoms with van der Waals surface area (Å²) in [6, 6.07) is 1.21. The average Bonchev–Trinajstić information content (AvgIpc) is 3.03. The van der Waals surface area contributed by atoms with Gasteiger partial charge in [-0.15, -0.1) is 0 Å². The first-order valence-corrected chi connectivity index (χ1v) is 15.8. The Morgan fingerprint density at radius 1 is 1.10 bits per heavy atom. The molecule has 0 unspecified atom stereocenters. The van der Waals surface area contributed by atoms with E-state index in [0.29, 0.717) is 42.5 Å². The Balaban J connectivity index is 1.38. The minimum Gasteiger partial charge on any atom is -0.504 e. The zero-order valence-electron chi connectivity index (χ0n) is 26.9. The molecule has 4 aromatic rings. The number of nitrogens with one attached hydrogen (secondary N) is 1. The van der Waals surface area contributed by atoms with E-state index < -0.39 is 28.8 Å². The first-order chi connectivity index (χ1) is 23.2. The van der Waals surface area contributed by atoms with Crippen LogP contribution in [0.25, 0.3) is 11.2 Å². The Labute approximate surface area is 282 Å². The van der Waals surface area contributed by atoms with Crippen LogP contribution in [0.4, 0.5) is 30.4 Å². The largest absolute Gasteiger partial charge is 0.504 e. The highest BCUT2D eigenvalue weighted by Gasteiger charge is 2.47. The molecule has 5 heterocycles. The molecule has 4 aromatic heterocycles. The van der Waals surface area contributed by atoms with Crippen molar-refractivity contribution >= 4 is 51.8 Å². The van der Waals surface area contributed by atoms with E-state index >= 15 is 0 Å². The number of piperazine rings is 1. The maximum atomic E-state index is 14.3. The molecule has 2 N–H and O–H groups in total. The lowest BCUT2D eigenvalue weighted by Crippen LogP contribution is -2.67. The topological polar surface area (TPSA) is 163 Å². The summed E-state index contributed by atoms with van der Waals surface area (Å²) < 4.78 is 40.9. The Morgan fingerprint density at radius 3 is 2.47 bits per heavy atom. The molecule has 0 aromatic carbocycles. The smallest absolute Gasteiger partial charge is 0.433 e. The number of nitrogens with zero attached hydrogens (tertiary/aromatic N) is 9. The van der Waals surface area contributed by atoms with Crippen LogP contribution in [0, 0.1) is 6.92 Å². The van der Waals surface area contributed by atoms with Crippen LogP contribution in [0.3, 0.4) is 0 Å². The molecule has 6 rings (SSSR count). The molecule has 2 aliphatic rings. The summed E-state index contributed by atoms with van der Waals surface area (Å²) in [5.74, 6) is -0.948. The number of carbonyl (C=O) groups excluding carboxylic acids is 2. The minimum atomic E-state index is -4.72. The standard InChI is InChI=1S/C31H32ClF3N10O4/c1-5-17-25(43-10-11-44(19-8-7-18(19)43)30(49)24-26(47)15(2)37-14-38-24)27(48)23-29(36-12-21(41-23)42(3)4)45(17)13-22(46)39-16-6-9-20(31(33,34)35)40-28(16)32/h6,9,12,14,18-19,47H,5,7-8,10-11,13H2,1-4H3,(H,39,46)/t18-,19-/m0/s1. The molecule has 0 spiro atoms. The quantitative estimate of drug-likeness (QED) is 0.272. The van der Waals surface area contributed by atoms with Crippen molar-refractivity contribution in [3.05, 3.63) is 62.8 Å². The Kier molecular flexibility index (Phi) is 8.81. The number of halogens is 4. The van der Waals surface area contributed by atoms with E-state index in [1.165, 1.54) is 12.5 Å². The van der Waals surface area contributed by atoms with Crippen LogP contribution in [-0.4, -0.2) is 90.6 Å². The maximum absolute atomic E-state index is 14.3. The number of aromatic hydroxyl groups is 1. The van der Waals surface area contributed by atoms with Crippen LogP contribution in [0.5, 0.6) is 5.75 Å². The summed E-state index contributed by atoms with van der Waals surface area (Å²) in [6.45, 7) is 3.53. The first kappa shape index (κ1) is 33.8. The normalized spacial score (nSPS) is 17.5. The van der Waals surface area contributed by atoms with Crippen molar-refractivity contribution < 1.29 is 27.9 Å². The number of hydrogen-bond donors (Lipinski definition) is 2. The number of alkyl halides is 3. The molecule has 1 saturated carbocycles. The van der Waals surface area contributed by atoms with Crippen molar-refractivity contribution in [1.29, 1.82) is 0 Å². The van der Waals surface area contributed by atoms with Crippen molar-refractivity contribution in [2.24, 2.45) is 0 Å². The fourth-order valence-electron chi connectivity index (χ4n) is 6.31. The van der Waals surface area contributed by atoms with Gasteiger partial charge in [0, 0.05) is 38.9 Å². The summed E-state index contributed by atoms with van der Waals surface area (Å²) in [5.41, 5.74) is -0.521. The number of aromatic nitrogens is 6. The number of anilines is 3. The van der Waals surface area contributed by atoms with Crippen LogP contribution in [-0.2, 0) is 23.9 Å². The highest BCUT2D eigenvalue weighted by atomic mass is 35.5.